The molecule has 0 amide bonds. The van der Waals surface area contributed by atoms with E-state index in [1.165, 1.54) is 6.20 Å². The van der Waals surface area contributed by atoms with Crippen LogP contribution in [-0.2, 0) is 17.1 Å². The molecule has 0 saturated carbocycles. The molecule has 3 saturated heterocycles. The van der Waals surface area contributed by atoms with E-state index in [9.17, 15) is 19.6 Å². The summed E-state index contributed by atoms with van der Waals surface area (Å²) in [6.07, 6.45) is 11.8. The molecule has 3 fully saturated rings. The standard InChI is InChI=1S/3C6H12NO.C6H8NO.Cu.H2NO3/c4*1-6-2-4-7(8)5-3-6;;2-1(3)4/h3*6H,2-5H2,1H3;2-4H,5H2,1H3;;(H2,2,3,4)/q4*+1;+2;+1. The van der Waals surface area contributed by atoms with Crippen molar-refractivity contribution in [2.24, 2.45) is 17.8 Å². The summed E-state index contributed by atoms with van der Waals surface area (Å²) in [6.45, 7) is 13.6. The van der Waals surface area contributed by atoms with E-state index in [0.29, 0.717) is 6.54 Å². The molecule has 12 nitrogen and oxygen atoms in total. The molecule has 13 heteroatoms. The molecule has 0 aliphatic carbocycles. The molecular weight excluding hydrogens is 534 g/mol. The molecule has 0 unspecified atom stereocenters. The smallest absolute Gasteiger partial charge is 0.201 e. The van der Waals surface area contributed by atoms with Crippen LogP contribution in [0.15, 0.2) is 23.9 Å². The average Bonchev–Trinajstić information content (AvgIpc) is 2.83. The second kappa shape index (κ2) is 21.7. The number of rotatable bonds is 0. The van der Waals surface area contributed by atoms with Crippen molar-refractivity contribution in [1.82, 2.24) is 0 Å². The van der Waals surface area contributed by atoms with E-state index >= 15 is 0 Å². The minimum atomic E-state index is -1.25. The minimum Gasteiger partial charge on any atom is -0.201 e. The second-order valence-corrected chi connectivity index (χ2v) is 9.95. The molecule has 2 N–H and O–H groups in total. The van der Waals surface area contributed by atoms with Crippen molar-refractivity contribution in [3.05, 3.63) is 48.5 Å². The maximum absolute atomic E-state index is 10.5. The van der Waals surface area contributed by atoms with Gasteiger partial charge in [0.2, 0.25) is 12.7 Å². The maximum atomic E-state index is 10.5. The third kappa shape index (κ3) is 23.7. The number of piperidine rings is 3. The Hall–Kier alpha value is -2.40. The van der Waals surface area contributed by atoms with Gasteiger partial charge in [0.25, 0.3) is 0 Å². The normalized spacial score (nSPS) is 20.2. The Morgan fingerprint density at radius 1 is 0.703 bits per heavy atom. The quantitative estimate of drug-likeness (QED) is 0.247. The van der Waals surface area contributed by atoms with E-state index in [4.69, 9.17) is 15.3 Å². The van der Waals surface area contributed by atoms with Gasteiger partial charge < -0.3 is 0 Å². The monoisotopic (exact) mass is 579 g/mol. The van der Waals surface area contributed by atoms with E-state index in [-0.39, 0.29) is 17.1 Å². The van der Waals surface area contributed by atoms with Gasteiger partial charge in [0.05, 0.1) is 0 Å². The molecule has 4 heterocycles. The summed E-state index contributed by atoms with van der Waals surface area (Å²) in [5, 5.41) is 12.5. The Balaban J connectivity index is 0. The molecule has 37 heavy (non-hydrogen) atoms. The topological polar surface area (TPSA) is 141 Å². The van der Waals surface area contributed by atoms with E-state index in [1.54, 1.807) is 6.08 Å². The van der Waals surface area contributed by atoms with Crippen molar-refractivity contribution in [2.45, 2.75) is 66.2 Å². The molecule has 4 aliphatic rings. The van der Waals surface area contributed by atoms with E-state index < -0.39 is 5.09 Å². The summed E-state index contributed by atoms with van der Waals surface area (Å²) in [6, 6.07) is 0. The van der Waals surface area contributed by atoms with Crippen molar-refractivity contribution in [1.29, 1.82) is 0 Å². The van der Waals surface area contributed by atoms with E-state index in [1.807, 2.05) is 13.0 Å². The first kappa shape index (κ1) is 36.8. The summed E-state index contributed by atoms with van der Waals surface area (Å²) < 4.78 is 4.35. The van der Waals surface area contributed by atoms with Crippen LogP contribution >= 0.6 is 0 Å². The summed E-state index contributed by atoms with van der Waals surface area (Å²) >= 11 is 0. The SMILES string of the molecule is CC1=CC[N+](=O)C=C1.CC1CC[N+](=O)CC1.CC1CC[N+](=O)CC1.CC1CC[N+](=O)CC1.O=[N+](O)O.[Cu+2]. The van der Waals surface area contributed by atoms with Crippen molar-refractivity contribution < 1.29 is 51.6 Å². The van der Waals surface area contributed by atoms with Crippen LogP contribution in [0.3, 0.4) is 0 Å². The molecule has 4 rings (SSSR count). The Morgan fingerprint density at radius 3 is 1.14 bits per heavy atom. The van der Waals surface area contributed by atoms with Crippen LogP contribution in [0, 0.1) is 42.3 Å². The van der Waals surface area contributed by atoms with Crippen molar-refractivity contribution in [2.75, 3.05) is 45.8 Å². The number of nitroso groups, excluding NO2 is 4. The maximum Gasteiger partial charge on any atom is 2.00 e. The Kier molecular flexibility index (Phi) is 21.5. The van der Waals surface area contributed by atoms with E-state index in [2.05, 4.69) is 20.8 Å². The van der Waals surface area contributed by atoms with Crippen LogP contribution in [0.2, 0.25) is 0 Å². The van der Waals surface area contributed by atoms with Crippen molar-refractivity contribution in [3.63, 3.8) is 0 Å². The van der Waals surface area contributed by atoms with Gasteiger partial charge in [-0.25, -0.2) is 10.4 Å². The minimum absolute atomic E-state index is 0. The fraction of sp³-hybridized carbons (Fsp3) is 0.833. The zero-order chi connectivity index (χ0) is 27.5. The Morgan fingerprint density at radius 2 is 0.973 bits per heavy atom. The van der Waals surface area contributed by atoms with Crippen molar-refractivity contribution >= 4 is 0 Å². The van der Waals surface area contributed by atoms with Crippen LogP contribution in [0.1, 0.15) is 66.2 Å². The van der Waals surface area contributed by atoms with Gasteiger partial charge in [0.1, 0.15) is 4.91 Å². The largest absolute Gasteiger partial charge is 2.00 e. The fourth-order valence-electron chi connectivity index (χ4n) is 3.52. The zero-order valence-electron chi connectivity index (χ0n) is 22.6. The summed E-state index contributed by atoms with van der Waals surface area (Å²) in [4.78, 5) is 50.4. The van der Waals surface area contributed by atoms with Crippen LogP contribution in [0.5, 0.6) is 0 Å². The van der Waals surface area contributed by atoms with Crippen LogP contribution in [-0.4, -0.2) is 80.4 Å². The van der Waals surface area contributed by atoms with Gasteiger partial charge in [-0.15, -0.1) is 0 Å². The molecule has 0 bridgehead atoms. The Bertz CT molecular complexity index is 706. The van der Waals surface area contributed by atoms with Crippen LogP contribution < -0.4 is 0 Å². The summed E-state index contributed by atoms with van der Waals surface area (Å²) in [5.74, 6) is 2.33. The van der Waals surface area contributed by atoms with Gasteiger partial charge in [-0.1, -0.05) is 20.8 Å². The summed E-state index contributed by atoms with van der Waals surface area (Å²) in [5.41, 5.74) is 1.16. The molecule has 0 aromatic carbocycles. The molecule has 0 atom stereocenters. The first-order valence-electron chi connectivity index (χ1n) is 12.8. The molecule has 4 aliphatic heterocycles. The molecule has 213 valence electrons. The first-order chi connectivity index (χ1) is 16.9. The van der Waals surface area contributed by atoms with Crippen molar-refractivity contribution in [3.8, 4) is 0 Å². The van der Waals surface area contributed by atoms with Gasteiger partial charge in [-0.2, -0.15) is 0 Å². The van der Waals surface area contributed by atoms with Gasteiger partial charge in [0, 0.05) is 69.0 Å². The van der Waals surface area contributed by atoms with E-state index in [0.717, 1.165) is 120 Å². The molecular formula is C24H46CuN5O7+7. The molecule has 0 aromatic rings. The first-order valence-corrected chi connectivity index (χ1v) is 12.8. The number of hydrogen-bond donors (Lipinski definition) is 2. The number of allylic oxidation sites excluding steroid dienone is 2. The average molecular weight is 580 g/mol. The van der Waals surface area contributed by atoms with Crippen LogP contribution in [0.4, 0.5) is 0 Å². The number of hydrogen-bond acceptors (Lipinski definition) is 5. The predicted octanol–water partition coefficient (Wildman–Crippen LogP) is 4.37. The second-order valence-electron chi connectivity index (χ2n) is 9.95. The Labute approximate surface area is 229 Å². The third-order valence-electron chi connectivity index (χ3n) is 6.32. The molecule has 0 aromatic heterocycles. The van der Waals surface area contributed by atoms with Gasteiger partial charge in [0.15, 0.2) is 39.3 Å². The van der Waals surface area contributed by atoms with Gasteiger partial charge in [-0.05, 0) is 50.6 Å². The molecule has 0 spiro atoms. The predicted molar refractivity (Wildman–Crippen MR) is 134 cm³/mol. The van der Waals surface area contributed by atoms with Crippen LogP contribution in [0.25, 0.3) is 0 Å². The molecule has 1 radical (unpaired) electrons. The number of nitrogens with zero attached hydrogens (tertiary/aromatic N) is 5. The van der Waals surface area contributed by atoms with Gasteiger partial charge in [-0.3, -0.25) is 0 Å². The van der Waals surface area contributed by atoms with Gasteiger partial charge >= 0.3 is 22.2 Å². The summed E-state index contributed by atoms with van der Waals surface area (Å²) in [7, 11) is 0. The zero-order valence-corrected chi connectivity index (χ0v) is 23.6. The third-order valence-corrected chi connectivity index (χ3v) is 6.32. The fourth-order valence-corrected chi connectivity index (χ4v) is 3.52.